The Kier molecular flexibility index (Phi) is 5.40. The van der Waals surface area contributed by atoms with Gasteiger partial charge in [-0.05, 0) is 48.5 Å². The highest BCUT2D eigenvalue weighted by Gasteiger charge is 2.15. The second-order valence-electron chi connectivity index (χ2n) is 4.62. The van der Waals surface area contributed by atoms with E-state index in [9.17, 15) is 13.2 Å². The van der Waals surface area contributed by atoms with Crippen LogP contribution in [0.15, 0.2) is 57.9 Å². The topological polar surface area (TPSA) is 75.7 Å². The number of nitrogens with zero attached hydrogens (tertiary/aromatic N) is 1. The Balaban J connectivity index is 2.17. The van der Waals surface area contributed by atoms with E-state index in [4.69, 9.17) is 4.84 Å². The minimum atomic E-state index is -3.68. The first-order valence-electron chi connectivity index (χ1n) is 6.54. The highest BCUT2D eigenvalue weighted by Crippen LogP contribution is 2.19. The number of benzene rings is 2. The first kappa shape index (κ1) is 17.5. The smallest absolute Gasteiger partial charge is 0.277 e. The molecule has 8 heteroatoms. The van der Waals surface area contributed by atoms with Crippen LogP contribution in [0.5, 0.6) is 0 Å². The molecule has 2 aromatic rings. The third-order valence-corrected chi connectivity index (χ3v) is 4.99. The van der Waals surface area contributed by atoms with Crippen LogP contribution in [0.25, 0.3) is 0 Å². The van der Waals surface area contributed by atoms with Gasteiger partial charge in [-0.1, -0.05) is 15.9 Å². The monoisotopic (exact) mass is 398 g/mol. The van der Waals surface area contributed by atoms with Gasteiger partial charge in [0, 0.05) is 22.8 Å². The molecular weight excluding hydrogens is 384 g/mol. The van der Waals surface area contributed by atoms with Crippen LogP contribution in [0, 0.1) is 0 Å². The van der Waals surface area contributed by atoms with Gasteiger partial charge in [0.2, 0.25) is 0 Å². The van der Waals surface area contributed by atoms with E-state index in [1.165, 1.54) is 50.6 Å². The number of halogens is 1. The highest BCUT2D eigenvalue weighted by molar-refractivity contribution is 9.10. The zero-order chi connectivity index (χ0) is 17.0. The maximum atomic E-state index is 12.3. The molecule has 1 amide bonds. The molecule has 0 aliphatic rings. The molecule has 0 atom stereocenters. The molecule has 0 heterocycles. The molecule has 2 aromatic carbocycles. The predicted molar refractivity (Wildman–Crippen MR) is 90.5 cm³/mol. The Labute approximate surface area is 143 Å². The Bertz CT molecular complexity index is 789. The lowest BCUT2D eigenvalue weighted by molar-refractivity contribution is -0.0756. The first-order chi connectivity index (χ1) is 10.8. The maximum Gasteiger partial charge on any atom is 0.277 e. The molecule has 0 spiro atoms. The van der Waals surface area contributed by atoms with E-state index >= 15 is 0 Å². The standard InChI is InChI=1S/C15H15BrN2O4S/c1-18(22-2)15(19)11-3-7-13(8-4-11)17-23(20,21)14-9-5-12(16)6-10-14/h3-10,17H,1-2H3. The zero-order valence-electron chi connectivity index (χ0n) is 12.5. The molecule has 2 rings (SSSR count). The van der Waals surface area contributed by atoms with Gasteiger partial charge in [0.1, 0.15) is 0 Å². The summed E-state index contributed by atoms with van der Waals surface area (Å²) in [5.74, 6) is -0.324. The number of hydroxylamine groups is 2. The Morgan fingerprint density at radius 1 is 1.09 bits per heavy atom. The van der Waals surface area contributed by atoms with Crippen molar-refractivity contribution >= 4 is 37.5 Å². The summed E-state index contributed by atoms with van der Waals surface area (Å²) in [5.41, 5.74) is 0.755. The molecule has 0 aliphatic heterocycles. The van der Waals surface area contributed by atoms with E-state index < -0.39 is 10.0 Å². The van der Waals surface area contributed by atoms with Gasteiger partial charge in [-0.25, -0.2) is 13.5 Å². The summed E-state index contributed by atoms with van der Waals surface area (Å²) in [6, 6.07) is 12.4. The minimum absolute atomic E-state index is 0.153. The Morgan fingerprint density at radius 3 is 2.17 bits per heavy atom. The maximum absolute atomic E-state index is 12.3. The molecule has 0 radical (unpaired) electrons. The summed E-state index contributed by atoms with van der Waals surface area (Å²) in [7, 11) is -0.795. The van der Waals surface area contributed by atoms with Gasteiger partial charge in [0.05, 0.1) is 12.0 Å². The van der Waals surface area contributed by atoms with Crippen LogP contribution >= 0.6 is 15.9 Å². The van der Waals surface area contributed by atoms with E-state index in [1.807, 2.05) is 0 Å². The van der Waals surface area contributed by atoms with Crippen molar-refractivity contribution in [3.8, 4) is 0 Å². The summed E-state index contributed by atoms with van der Waals surface area (Å²) in [6.45, 7) is 0. The number of sulfonamides is 1. The summed E-state index contributed by atoms with van der Waals surface area (Å²) in [6.07, 6.45) is 0. The SMILES string of the molecule is CON(C)C(=O)c1ccc(NS(=O)(=O)c2ccc(Br)cc2)cc1. The zero-order valence-corrected chi connectivity index (χ0v) is 14.9. The molecule has 6 nitrogen and oxygen atoms in total. The number of hydrogen-bond acceptors (Lipinski definition) is 4. The van der Waals surface area contributed by atoms with Gasteiger partial charge in [-0.3, -0.25) is 14.4 Å². The van der Waals surface area contributed by atoms with Crippen LogP contribution in [0.2, 0.25) is 0 Å². The molecule has 0 bridgehead atoms. The molecule has 23 heavy (non-hydrogen) atoms. The van der Waals surface area contributed by atoms with Gasteiger partial charge in [-0.2, -0.15) is 0 Å². The first-order valence-corrected chi connectivity index (χ1v) is 8.82. The minimum Gasteiger partial charge on any atom is -0.280 e. The van der Waals surface area contributed by atoms with Crippen molar-refractivity contribution in [1.29, 1.82) is 0 Å². The van der Waals surface area contributed by atoms with E-state index in [1.54, 1.807) is 12.1 Å². The molecule has 0 saturated heterocycles. The summed E-state index contributed by atoms with van der Waals surface area (Å²) < 4.78 is 27.8. The fourth-order valence-electron chi connectivity index (χ4n) is 1.77. The number of carbonyl (C=O) groups is 1. The van der Waals surface area contributed by atoms with Gasteiger partial charge < -0.3 is 0 Å². The summed E-state index contributed by atoms with van der Waals surface area (Å²) >= 11 is 3.26. The number of rotatable bonds is 5. The predicted octanol–water partition coefficient (Wildman–Crippen LogP) is 2.88. The van der Waals surface area contributed by atoms with E-state index in [0.29, 0.717) is 11.3 Å². The second kappa shape index (κ2) is 7.12. The molecule has 0 unspecified atom stereocenters. The van der Waals surface area contributed by atoms with Crippen molar-refractivity contribution in [1.82, 2.24) is 5.06 Å². The molecular formula is C15H15BrN2O4S. The van der Waals surface area contributed by atoms with Crippen molar-refractivity contribution in [2.45, 2.75) is 4.90 Å². The Morgan fingerprint density at radius 2 is 1.65 bits per heavy atom. The van der Waals surface area contributed by atoms with Crippen LogP contribution in [0.3, 0.4) is 0 Å². The van der Waals surface area contributed by atoms with E-state index in [2.05, 4.69) is 20.7 Å². The number of amides is 1. The molecule has 1 N–H and O–H groups in total. The van der Waals surface area contributed by atoms with Gasteiger partial charge in [0.25, 0.3) is 15.9 Å². The van der Waals surface area contributed by atoms with Crippen LogP contribution in [-0.2, 0) is 14.9 Å². The highest BCUT2D eigenvalue weighted by atomic mass is 79.9. The van der Waals surface area contributed by atoms with Gasteiger partial charge >= 0.3 is 0 Å². The quantitative estimate of drug-likeness (QED) is 0.785. The van der Waals surface area contributed by atoms with Crippen LogP contribution in [0.4, 0.5) is 5.69 Å². The van der Waals surface area contributed by atoms with E-state index in [0.717, 1.165) is 9.54 Å². The van der Waals surface area contributed by atoms with Crippen LogP contribution < -0.4 is 4.72 Å². The van der Waals surface area contributed by atoms with Crippen molar-refractivity contribution in [3.05, 3.63) is 58.6 Å². The average molecular weight is 399 g/mol. The fraction of sp³-hybridized carbons (Fsp3) is 0.133. The van der Waals surface area contributed by atoms with Crippen LogP contribution in [-0.4, -0.2) is 33.5 Å². The van der Waals surface area contributed by atoms with Gasteiger partial charge in [0.15, 0.2) is 0 Å². The number of hydrogen-bond donors (Lipinski definition) is 1. The average Bonchev–Trinajstić information content (AvgIpc) is 2.54. The lowest BCUT2D eigenvalue weighted by Gasteiger charge is -2.14. The lowest BCUT2D eigenvalue weighted by Crippen LogP contribution is -2.25. The number of anilines is 1. The molecule has 0 aromatic heterocycles. The van der Waals surface area contributed by atoms with Crippen molar-refractivity contribution in [2.75, 3.05) is 18.9 Å². The third-order valence-electron chi connectivity index (χ3n) is 3.07. The fourth-order valence-corrected chi connectivity index (χ4v) is 3.10. The van der Waals surface area contributed by atoms with Crippen molar-refractivity contribution < 1.29 is 18.0 Å². The lowest BCUT2D eigenvalue weighted by atomic mass is 10.2. The van der Waals surface area contributed by atoms with Gasteiger partial charge in [-0.15, -0.1) is 0 Å². The van der Waals surface area contributed by atoms with E-state index in [-0.39, 0.29) is 10.8 Å². The normalized spacial score (nSPS) is 11.1. The molecule has 0 aliphatic carbocycles. The third kappa shape index (κ3) is 4.31. The van der Waals surface area contributed by atoms with Crippen LogP contribution in [0.1, 0.15) is 10.4 Å². The molecule has 0 saturated carbocycles. The summed E-state index contributed by atoms with van der Waals surface area (Å²) in [4.78, 5) is 16.8. The second-order valence-corrected chi connectivity index (χ2v) is 7.22. The number of nitrogens with one attached hydrogen (secondary N) is 1. The Hall–Kier alpha value is -1.90. The molecule has 122 valence electrons. The number of carbonyl (C=O) groups excluding carboxylic acids is 1. The summed E-state index contributed by atoms with van der Waals surface area (Å²) in [5, 5.41) is 1.08. The van der Waals surface area contributed by atoms with Crippen molar-refractivity contribution in [3.63, 3.8) is 0 Å². The molecule has 0 fully saturated rings. The van der Waals surface area contributed by atoms with Crippen molar-refractivity contribution in [2.24, 2.45) is 0 Å². The largest absolute Gasteiger partial charge is 0.280 e.